The van der Waals surface area contributed by atoms with Gasteiger partial charge in [0.25, 0.3) is 0 Å². The molecule has 1 aliphatic heterocycles. The number of hydrogen-bond donors (Lipinski definition) is 1. The summed E-state index contributed by atoms with van der Waals surface area (Å²) >= 11 is 0. The number of allylic oxidation sites excluding steroid dienone is 1. The highest BCUT2D eigenvalue weighted by atomic mass is 19.1. The van der Waals surface area contributed by atoms with Gasteiger partial charge in [-0.15, -0.1) is 5.10 Å². The molecule has 8 heteroatoms. The summed E-state index contributed by atoms with van der Waals surface area (Å²) in [5.74, 6) is 0.138. The van der Waals surface area contributed by atoms with Crippen LogP contribution in [0.2, 0.25) is 0 Å². The van der Waals surface area contributed by atoms with Crippen molar-refractivity contribution in [1.29, 1.82) is 0 Å². The minimum atomic E-state index is -0.832. The van der Waals surface area contributed by atoms with Crippen LogP contribution in [0.15, 0.2) is 72.8 Å². The standard InChI is InChI=1S/C31H32FN3O4/c1-2-25(21-8-4-3-5-9-21)29(22-11-14-24(15-12-22)37-18-19-39-31(33)36)23-13-16-27-26(20-23)30(32)34-35(27)28-10-6-7-17-38-28/h3-5,8-9,11-16,20,28H,2,6-7,10,17-19H2,1H3,(H2,33,36)/b29-25+. The summed E-state index contributed by atoms with van der Waals surface area (Å²) in [5, 5.41) is 4.69. The van der Waals surface area contributed by atoms with Gasteiger partial charge in [0, 0.05) is 6.61 Å². The van der Waals surface area contributed by atoms with Gasteiger partial charge in [-0.3, -0.25) is 0 Å². The van der Waals surface area contributed by atoms with Gasteiger partial charge in [0.15, 0.2) is 6.23 Å². The Labute approximate surface area is 227 Å². The summed E-state index contributed by atoms with van der Waals surface area (Å²) in [5.41, 5.74) is 10.8. The summed E-state index contributed by atoms with van der Waals surface area (Å²) in [4.78, 5) is 10.8. The molecule has 1 unspecified atom stereocenters. The number of halogens is 1. The normalized spacial score (nSPS) is 16.1. The molecule has 1 fully saturated rings. The van der Waals surface area contributed by atoms with E-state index < -0.39 is 12.0 Å². The van der Waals surface area contributed by atoms with Crippen LogP contribution in [0.25, 0.3) is 22.0 Å². The maximum absolute atomic E-state index is 15.2. The molecule has 0 bridgehead atoms. The number of amides is 1. The number of carbonyl (C=O) groups excluding carboxylic acids is 1. The van der Waals surface area contributed by atoms with Crippen molar-refractivity contribution in [3.05, 3.63) is 95.4 Å². The van der Waals surface area contributed by atoms with Gasteiger partial charge in [-0.05, 0) is 77.8 Å². The molecule has 1 aliphatic rings. The van der Waals surface area contributed by atoms with E-state index in [0.29, 0.717) is 17.7 Å². The Kier molecular flexibility index (Phi) is 8.22. The van der Waals surface area contributed by atoms with Crippen molar-refractivity contribution in [3.63, 3.8) is 0 Å². The van der Waals surface area contributed by atoms with Crippen LogP contribution in [0.4, 0.5) is 9.18 Å². The summed E-state index contributed by atoms with van der Waals surface area (Å²) in [6.07, 6.45) is 2.57. The molecule has 39 heavy (non-hydrogen) atoms. The maximum Gasteiger partial charge on any atom is 0.404 e. The van der Waals surface area contributed by atoms with Crippen LogP contribution in [0, 0.1) is 5.95 Å². The number of benzene rings is 3. The third-order valence-corrected chi connectivity index (χ3v) is 6.90. The van der Waals surface area contributed by atoms with Crippen LogP contribution in [-0.4, -0.2) is 35.7 Å². The number of primary amides is 1. The molecular weight excluding hydrogens is 497 g/mol. The molecule has 1 saturated heterocycles. The number of fused-ring (bicyclic) bond motifs is 1. The highest BCUT2D eigenvalue weighted by Crippen LogP contribution is 2.37. The van der Waals surface area contributed by atoms with Gasteiger partial charge in [-0.1, -0.05) is 55.5 Å². The molecule has 1 aromatic heterocycles. The zero-order chi connectivity index (χ0) is 27.2. The Morgan fingerprint density at radius 2 is 1.79 bits per heavy atom. The Balaban J connectivity index is 1.55. The molecule has 0 spiro atoms. The van der Waals surface area contributed by atoms with Crippen molar-refractivity contribution < 1.29 is 23.4 Å². The molecular formula is C31H32FN3O4. The third kappa shape index (κ3) is 5.96. The summed E-state index contributed by atoms with van der Waals surface area (Å²) < 4.78 is 33.2. The zero-order valence-corrected chi connectivity index (χ0v) is 21.9. The largest absolute Gasteiger partial charge is 0.490 e. The Hall–Kier alpha value is -4.17. The van der Waals surface area contributed by atoms with Crippen molar-refractivity contribution in [2.24, 2.45) is 5.73 Å². The van der Waals surface area contributed by atoms with Crippen molar-refractivity contribution in [1.82, 2.24) is 9.78 Å². The van der Waals surface area contributed by atoms with E-state index in [-0.39, 0.29) is 19.4 Å². The van der Waals surface area contributed by atoms with Crippen LogP contribution >= 0.6 is 0 Å². The van der Waals surface area contributed by atoms with E-state index in [1.165, 1.54) is 0 Å². The van der Waals surface area contributed by atoms with Gasteiger partial charge >= 0.3 is 6.09 Å². The molecule has 202 valence electrons. The number of nitrogens with two attached hydrogens (primary N) is 1. The number of rotatable bonds is 9. The second-order valence-electron chi connectivity index (χ2n) is 9.40. The molecule has 4 aromatic rings. The van der Waals surface area contributed by atoms with Gasteiger partial charge in [-0.25, -0.2) is 9.48 Å². The average Bonchev–Trinajstić information content (AvgIpc) is 3.31. The topological polar surface area (TPSA) is 88.6 Å². The first kappa shape index (κ1) is 26.4. The number of ether oxygens (including phenoxy) is 3. The third-order valence-electron chi connectivity index (χ3n) is 6.90. The first-order valence-corrected chi connectivity index (χ1v) is 13.3. The fourth-order valence-corrected chi connectivity index (χ4v) is 5.09. The molecule has 2 N–H and O–H groups in total. The predicted octanol–water partition coefficient (Wildman–Crippen LogP) is 6.72. The highest BCUT2D eigenvalue weighted by molar-refractivity contribution is 6.00. The lowest BCUT2D eigenvalue weighted by Crippen LogP contribution is -2.19. The molecule has 1 amide bonds. The van der Waals surface area contributed by atoms with Crippen molar-refractivity contribution in [2.45, 2.75) is 38.8 Å². The van der Waals surface area contributed by atoms with Crippen LogP contribution in [0.1, 0.15) is 55.5 Å². The van der Waals surface area contributed by atoms with Gasteiger partial charge in [0.1, 0.15) is 19.0 Å². The molecule has 0 radical (unpaired) electrons. The van der Waals surface area contributed by atoms with Crippen molar-refractivity contribution >= 4 is 28.1 Å². The molecule has 0 saturated carbocycles. The van der Waals surface area contributed by atoms with Crippen LogP contribution in [-0.2, 0) is 9.47 Å². The van der Waals surface area contributed by atoms with Gasteiger partial charge in [-0.2, -0.15) is 4.39 Å². The van der Waals surface area contributed by atoms with Gasteiger partial charge < -0.3 is 19.9 Å². The smallest absolute Gasteiger partial charge is 0.404 e. The van der Waals surface area contributed by atoms with Crippen LogP contribution in [0.3, 0.4) is 0 Å². The lowest BCUT2D eigenvalue weighted by atomic mass is 9.88. The minimum absolute atomic E-state index is 0.0708. The quantitative estimate of drug-likeness (QED) is 0.192. The fraction of sp³-hybridized carbons (Fsp3) is 0.290. The van der Waals surface area contributed by atoms with E-state index in [9.17, 15) is 4.79 Å². The van der Waals surface area contributed by atoms with E-state index in [0.717, 1.165) is 59.0 Å². The fourth-order valence-electron chi connectivity index (χ4n) is 5.09. The molecule has 7 nitrogen and oxygen atoms in total. The lowest BCUT2D eigenvalue weighted by molar-refractivity contribution is -0.0375. The minimum Gasteiger partial charge on any atom is -0.490 e. The molecule has 5 rings (SSSR count). The zero-order valence-electron chi connectivity index (χ0n) is 21.9. The first-order valence-electron chi connectivity index (χ1n) is 13.3. The monoisotopic (exact) mass is 529 g/mol. The summed E-state index contributed by atoms with van der Waals surface area (Å²) in [6.45, 7) is 3.05. The van der Waals surface area contributed by atoms with E-state index >= 15 is 4.39 Å². The maximum atomic E-state index is 15.2. The highest BCUT2D eigenvalue weighted by Gasteiger charge is 2.22. The SMILES string of the molecule is CC/C(=C(/c1ccc(OCCOC(N)=O)cc1)c1ccc2c(c1)c(F)nn2C1CCCCO1)c1ccccc1. The number of hydrogen-bond acceptors (Lipinski definition) is 5. The summed E-state index contributed by atoms with van der Waals surface area (Å²) in [6, 6.07) is 23.8. The van der Waals surface area contributed by atoms with E-state index in [1.54, 1.807) is 4.68 Å². The van der Waals surface area contributed by atoms with E-state index in [1.807, 2.05) is 60.7 Å². The number of carbonyl (C=O) groups is 1. The predicted molar refractivity (Wildman–Crippen MR) is 149 cm³/mol. The van der Waals surface area contributed by atoms with Crippen LogP contribution in [0.5, 0.6) is 5.75 Å². The van der Waals surface area contributed by atoms with Crippen molar-refractivity contribution in [2.75, 3.05) is 19.8 Å². The number of aromatic nitrogens is 2. The van der Waals surface area contributed by atoms with Crippen LogP contribution < -0.4 is 10.5 Å². The second-order valence-corrected chi connectivity index (χ2v) is 9.40. The Morgan fingerprint density at radius 3 is 2.49 bits per heavy atom. The van der Waals surface area contributed by atoms with Crippen molar-refractivity contribution in [3.8, 4) is 5.75 Å². The van der Waals surface area contributed by atoms with E-state index in [2.05, 4.69) is 24.2 Å². The Bertz CT molecular complexity index is 1460. The molecule has 0 aliphatic carbocycles. The van der Waals surface area contributed by atoms with Gasteiger partial charge in [0.05, 0.1) is 10.9 Å². The Morgan fingerprint density at radius 1 is 1.03 bits per heavy atom. The number of nitrogens with zero attached hydrogens (tertiary/aromatic N) is 2. The average molecular weight is 530 g/mol. The molecule has 3 aromatic carbocycles. The first-order chi connectivity index (χ1) is 19.0. The van der Waals surface area contributed by atoms with E-state index in [4.69, 9.17) is 19.9 Å². The molecule has 2 heterocycles. The summed E-state index contributed by atoms with van der Waals surface area (Å²) in [7, 11) is 0. The molecule has 1 atom stereocenters. The van der Waals surface area contributed by atoms with Gasteiger partial charge in [0.2, 0.25) is 5.95 Å². The lowest BCUT2D eigenvalue weighted by Gasteiger charge is -2.23. The second kappa shape index (κ2) is 12.1.